The first-order valence-electron chi connectivity index (χ1n) is 3.89. The van der Waals surface area contributed by atoms with Crippen molar-refractivity contribution < 1.29 is 29.3 Å². The first-order chi connectivity index (χ1) is 6.79. The lowest BCUT2D eigenvalue weighted by atomic mass is 10.1. The van der Waals surface area contributed by atoms with E-state index in [2.05, 4.69) is 0 Å². The molecule has 0 spiro atoms. The van der Waals surface area contributed by atoms with Gasteiger partial charge in [0, 0.05) is 0 Å². The summed E-state index contributed by atoms with van der Waals surface area (Å²) < 4.78 is 61.9. The average Bonchev–Trinajstić information content (AvgIpc) is 1.98. The number of aryl methyl sites for hydroxylation is 1. The van der Waals surface area contributed by atoms with Gasteiger partial charge in [-0.2, -0.15) is 0 Å². The van der Waals surface area contributed by atoms with Crippen LogP contribution >= 0.6 is 10.2 Å². The van der Waals surface area contributed by atoms with Crippen molar-refractivity contribution in [2.24, 2.45) is 0 Å². The van der Waals surface area contributed by atoms with Gasteiger partial charge in [0.25, 0.3) is 0 Å². The molecule has 0 aromatic heterocycles. The zero-order chi connectivity index (χ0) is 12.8. The van der Waals surface area contributed by atoms with E-state index in [1.807, 2.05) is 0 Å². The SMILES string of the molecule is Cc1cc(C(=O)O)cc(S(F)(F)(F)(F)F)c1. The van der Waals surface area contributed by atoms with Crippen molar-refractivity contribution in [3.05, 3.63) is 29.3 Å². The zero-order valence-corrected chi connectivity index (χ0v) is 8.70. The molecule has 0 aliphatic heterocycles. The number of halogens is 5. The van der Waals surface area contributed by atoms with Crippen molar-refractivity contribution in [1.82, 2.24) is 0 Å². The second-order valence-corrected chi connectivity index (χ2v) is 5.72. The Morgan fingerprint density at radius 3 is 2.00 bits per heavy atom. The molecule has 0 saturated heterocycles. The van der Waals surface area contributed by atoms with Gasteiger partial charge in [-0.05, 0) is 30.7 Å². The Bertz CT molecular complexity index is 464. The summed E-state index contributed by atoms with van der Waals surface area (Å²) in [6, 6.07) is 1.06. The molecule has 0 heterocycles. The van der Waals surface area contributed by atoms with E-state index in [0.29, 0.717) is 0 Å². The predicted molar refractivity (Wildman–Crippen MR) is 49.5 cm³/mol. The Morgan fingerprint density at radius 2 is 1.62 bits per heavy atom. The third-order valence-electron chi connectivity index (χ3n) is 1.74. The van der Waals surface area contributed by atoms with E-state index in [1.165, 1.54) is 0 Å². The zero-order valence-electron chi connectivity index (χ0n) is 7.89. The van der Waals surface area contributed by atoms with Crippen LogP contribution in [0.15, 0.2) is 23.1 Å². The Morgan fingerprint density at radius 1 is 1.12 bits per heavy atom. The fourth-order valence-electron chi connectivity index (χ4n) is 1.09. The highest BCUT2D eigenvalue weighted by Crippen LogP contribution is 3.02. The number of hydrogen-bond acceptors (Lipinski definition) is 1. The molecule has 0 aliphatic carbocycles. The Kier molecular flexibility index (Phi) is 2.14. The fourth-order valence-corrected chi connectivity index (χ4v) is 1.85. The van der Waals surface area contributed by atoms with E-state index < -0.39 is 26.7 Å². The Labute approximate surface area is 87.4 Å². The predicted octanol–water partition coefficient (Wildman–Crippen LogP) is 4.35. The molecule has 1 rings (SSSR count). The van der Waals surface area contributed by atoms with Crippen molar-refractivity contribution >= 4 is 16.2 Å². The van der Waals surface area contributed by atoms with Gasteiger partial charge in [0.05, 0.1) is 5.56 Å². The van der Waals surface area contributed by atoms with Crippen LogP contribution in [0, 0.1) is 6.92 Å². The van der Waals surface area contributed by atoms with Crippen molar-refractivity contribution in [3.63, 3.8) is 0 Å². The molecule has 16 heavy (non-hydrogen) atoms. The molecular formula is C8H7F5O2S. The van der Waals surface area contributed by atoms with E-state index in [9.17, 15) is 24.2 Å². The lowest BCUT2D eigenvalue weighted by molar-refractivity contribution is 0.0696. The van der Waals surface area contributed by atoms with Crippen LogP contribution in [0.3, 0.4) is 0 Å². The molecule has 8 heteroatoms. The third-order valence-corrected chi connectivity index (χ3v) is 2.87. The molecule has 0 saturated carbocycles. The lowest BCUT2D eigenvalue weighted by Gasteiger charge is -2.40. The molecule has 0 atom stereocenters. The van der Waals surface area contributed by atoms with Crippen LogP contribution in [0.4, 0.5) is 19.4 Å². The van der Waals surface area contributed by atoms with Crippen molar-refractivity contribution in [3.8, 4) is 0 Å². The van der Waals surface area contributed by atoms with Crippen LogP contribution < -0.4 is 0 Å². The number of carbonyl (C=O) groups is 1. The van der Waals surface area contributed by atoms with Gasteiger partial charge in [-0.1, -0.05) is 19.4 Å². The van der Waals surface area contributed by atoms with E-state index in [4.69, 9.17) is 5.11 Å². The van der Waals surface area contributed by atoms with Gasteiger partial charge in [0.15, 0.2) is 0 Å². The molecule has 0 radical (unpaired) electrons. The fraction of sp³-hybridized carbons (Fsp3) is 0.125. The van der Waals surface area contributed by atoms with Crippen LogP contribution in [0.5, 0.6) is 0 Å². The van der Waals surface area contributed by atoms with Gasteiger partial charge in [-0.25, -0.2) is 4.79 Å². The number of carboxylic acid groups (broad SMARTS) is 1. The number of benzene rings is 1. The maximum Gasteiger partial charge on any atom is 0.335 e. The standard InChI is InChI=1S/C8H7F5O2S/c1-5-2-6(8(14)15)4-7(3-5)16(9,10,11,12)13/h2-4H,1H3,(H,14,15). The van der Waals surface area contributed by atoms with Crippen LogP contribution in [-0.2, 0) is 0 Å². The summed E-state index contributed by atoms with van der Waals surface area (Å²) in [6.45, 7) is 1.11. The van der Waals surface area contributed by atoms with E-state index in [-0.39, 0.29) is 17.7 Å². The summed E-state index contributed by atoms with van der Waals surface area (Å²) in [6.07, 6.45) is 0. The quantitative estimate of drug-likeness (QED) is 0.804. The van der Waals surface area contributed by atoms with Crippen molar-refractivity contribution in [2.75, 3.05) is 0 Å². The highest BCUT2D eigenvalue weighted by Gasteiger charge is 2.65. The van der Waals surface area contributed by atoms with E-state index >= 15 is 0 Å². The summed E-state index contributed by atoms with van der Waals surface area (Å²) in [5.41, 5.74) is -1.01. The van der Waals surface area contributed by atoms with Crippen LogP contribution in [0.2, 0.25) is 0 Å². The second-order valence-electron chi connectivity index (χ2n) is 3.31. The maximum atomic E-state index is 12.4. The van der Waals surface area contributed by atoms with Gasteiger partial charge in [-0.3, -0.25) is 0 Å². The Balaban J connectivity index is 3.56. The van der Waals surface area contributed by atoms with E-state index in [0.717, 1.165) is 13.0 Å². The number of rotatable bonds is 2. The summed E-state index contributed by atoms with van der Waals surface area (Å²) >= 11 is 0. The molecule has 0 bridgehead atoms. The summed E-state index contributed by atoms with van der Waals surface area (Å²) in [7, 11) is -9.81. The minimum atomic E-state index is -9.81. The number of hydrogen-bond donors (Lipinski definition) is 1. The smallest absolute Gasteiger partial charge is 0.335 e. The summed E-state index contributed by atoms with van der Waals surface area (Å²) in [5.74, 6) is -1.69. The van der Waals surface area contributed by atoms with Gasteiger partial charge < -0.3 is 5.11 Å². The molecule has 1 aromatic carbocycles. The first kappa shape index (κ1) is 12.8. The van der Waals surface area contributed by atoms with Crippen LogP contribution in [0.25, 0.3) is 0 Å². The monoisotopic (exact) mass is 262 g/mol. The number of aromatic carboxylic acids is 1. The third kappa shape index (κ3) is 2.84. The normalized spacial score (nSPS) is 16.4. The van der Waals surface area contributed by atoms with Crippen LogP contribution in [0.1, 0.15) is 15.9 Å². The van der Waals surface area contributed by atoms with Gasteiger partial charge in [0.1, 0.15) is 4.90 Å². The summed E-state index contributed by atoms with van der Waals surface area (Å²) in [4.78, 5) is 8.26. The molecule has 0 aliphatic rings. The van der Waals surface area contributed by atoms with Gasteiger partial charge in [0.2, 0.25) is 0 Å². The minimum Gasteiger partial charge on any atom is -0.478 e. The molecule has 1 aromatic rings. The largest absolute Gasteiger partial charge is 0.478 e. The van der Waals surface area contributed by atoms with Gasteiger partial charge in [-0.15, -0.1) is 0 Å². The average molecular weight is 262 g/mol. The van der Waals surface area contributed by atoms with Crippen LogP contribution in [-0.4, -0.2) is 11.1 Å². The second kappa shape index (κ2) is 2.68. The van der Waals surface area contributed by atoms with E-state index in [1.54, 1.807) is 0 Å². The van der Waals surface area contributed by atoms with Gasteiger partial charge >= 0.3 is 16.2 Å². The Hall–Kier alpha value is -1.31. The molecule has 0 unspecified atom stereocenters. The molecule has 0 amide bonds. The maximum absolute atomic E-state index is 12.4. The molecular weight excluding hydrogens is 255 g/mol. The first-order valence-corrected chi connectivity index (χ1v) is 5.84. The molecule has 1 N–H and O–H groups in total. The van der Waals surface area contributed by atoms with Crippen molar-refractivity contribution in [2.45, 2.75) is 11.8 Å². The topological polar surface area (TPSA) is 37.3 Å². The highest BCUT2D eigenvalue weighted by molar-refractivity contribution is 8.45. The molecule has 92 valence electrons. The lowest BCUT2D eigenvalue weighted by Crippen LogP contribution is -2.08. The number of carboxylic acids is 1. The summed E-state index contributed by atoms with van der Waals surface area (Å²) in [5, 5.41) is 8.47. The minimum absolute atomic E-state index is 0.0586. The highest BCUT2D eigenvalue weighted by atomic mass is 32.5. The molecule has 0 fully saturated rings. The molecule has 2 nitrogen and oxygen atoms in total. The van der Waals surface area contributed by atoms with Crippen molar-refractivity contribution in [1.29, 1.82) is 0 Å².